The Bertz CT molecular complexity index is 278. The predicted molar refractivity (Wildman–Crippen MR) is 53.1 cm³/mol. The van der Waals surface area contributed by atoms with Gasteiger partial charge in [0.25, 0.3) is 0 Å². The molecule has 1 saturated heterocycles. The Kier molecular flexibility index (Phi) is 2.80. The van der Waals surface area contributed by atoms with E-state index in [0.29, 0.717) is 13.2 Å². The average Bonchev–Trinajstić information content (AvgIpc) is 2.69. The normalized spacial score (nSPS) is 17.1. The molecule has 1 fully saturated rings. The zero-order chi connectivity index (χ0) is 8.93. The van der Waals surface area contributed by atoms with Crippen molar-refractivity contribution in [2.24, 2.45) is 0 Å². The maximum Gasteiger partial charge on any atom is 0.486 e. The van der Waals surface area contributed by atoms with Crippen molar-refractivity contribution >= 4 is 13.2 Å². The van der Waals surface area contributed by atoms with E-state index in [1.54, 1.807) is 0 Å². The van der Waals surface area contributed by atoms with Gasteiger partial charge in [-0.2, -0.15) is 0 Å². The Hall–Kier alpha value is -1.06. The second-order valence-electron chi connectivity index (χ2n) is 2.88. The molecule has 13 heavy (non-hydrogen) atoms. The summed E-state index contributed by atoms with van der Waals surface area (Å²) in [4.78, 5) is 0. The molecule has 66 valence electrons. The molecule has 2 nitrogen and oxygen atoms in total. The van der Waals surface area contributed by atoms with Crippen LogP contribution in [0.25, 0.3) is 6.08 Å². The zero-order valence-corrected chi connectivity index (χ0v) is 7.35. The van der Waals surface area contributed by atoms with Crippen LogP contribution in [0.3, 0.4) is 0 Å². The fraction of sp³-hybridized carbons (Fsp3) is 0.200. The molecule has 1 heterocycles. The van der Waals surface area contributed by atoms with Gasteiger partial charge < -0.3 is 9.31 Å². The Morgan fingerprint density at radius 1 is 1.08 bits per heavy atom. The molecule has 1 aliphatic heterocycles. The number of benzene rings is 1. The second-order valence-corrected chi connectivity index (χ2v) is 2.88. The lowest BCUT2D eigenvalue weighted by Gasteiger charge is -1.95. The van der Waals surface area contributed by atoms with Crippen LogP contribution in [0.15, 0.2) is 36.3 Å². The van der Waals surface area contributed by atoms with Crippen LogP contribution in [0.5, 0.6) is 0 Å². The van der Waals surface area contributed by atoms with E-state index in [2.05, 4.69) is 0 Å². The van der Waals surface area contributed by atoms with E-state index in [9.17, 15) is 0 Å². The van der Waals surface area contributed by atoms with Crippen LogP contribution in [-0.4, -0.2) is 20.3 Å². The van der Waals surface area contributed by atoms with E-state index >= 15 is 0 Å². The van der Waals surface area contributed by atoms with E-state index in [-0.39, 0.29) is 7.12 Å². The molecule has 0 amide bonds. The third kappa shape index (κ3) is 2.44. The summed E-state index contributed by atoms with van der Waals surface area (Å²) in [6.07, 6.45) is 2.01. The van der Waals surface area contributed by atoms with Crippen molar-refractivity contribution in [3.05, 3.63) is 41.9 Å². The Balaban J connectivity index is 1.97. The van der Waals surface area contributed by atoms with Gasteiger partial charge in [0.15, 0.2) is 0 Å². The minimum atomic E-state index is -0.153. The van der Waals surface area contributed by atoms with Gasteiger partial charge in [0.1, 0.15) is 0 Å². The first-order chi connectivity index (χ1) is 6.45. The Morgan fingerprint density at radius 3 is 2.46 bits per heavy atom. The second kappa shape index (κ2) is 4.26. The van der Waals surface area contributed by atoms with Crippen LogP contribution in [0.1, 0.15) is 5.56 Å². The van der Waals surface area contributed by atoms with E-state index in [1.807, 2.05) is 42.4 Å². The fourth-order valence-corrected chi connectivity index (χ4v) is 1.24. The first kappa shape index (κ1) is 8.54. The van der Waals surface area contributed by atoms with Gasteiger partial charge in [0, 0.05) is 0 Å². The molecule has 0 atom stereocenters. The van der Waals surface area contributed by atoms with Crippen LogP contribution >= 0.6 is 0 Å². The Labute approximate surface area is 78.3 Å². The van der Waals surface area contributed by atoms with Gasteiger partial charge in [-0.15, -0.1) is 0 Å². The van der Waals surface area contributed by atoms with Crippen molar-refractivity contribution in [3.63, 3.8) is 0 Å². The molecular weight excluding hydrogens is 163 g/mol. The summed E-state index contributed by atoms with van der Waals surface area (Å²) in [6.45, 7) is 1.40. The monoisotopic (exact) mass is 174 g/mol. The molecule has 0 saturated carbocycles. The van der Waals surface area contributed by atoms with Crippen molar-refractivity contribution in [2.75, 3.05) is 13.2 Å². The summed E-state index contributed by atoms with van der Waals surface area (Å²) < 4.78 is 10.5. The maximum atomic E-state index is 5.27. The molecule has 0 radical (unpaired) electrons. The lowest BCUT2D eigenvalue weighted by molar-refractivity contribution is 0.365. The minimum Gasteiger partial charge on any atom is -0.405 e. The van der Waals surface area contributed by atoms with Gasteiger partial charge in [0.05, 0.1) is 13.2 Å². The summed E-state index contributed by atoms with van der Waals surface area (Å²) in [5.41, 5.74) is 1.17. The summed E-state index contributed by atoms with van der Waals surface area (Å²) in [5.74, 6) is 1.93. The van der Waals surface area contributed by atoms with E-state index in [1.165, 1.54) is 5.56 Å². The minimum absolute atomic E-state index is 0.153. The average molecular weight is 174 g/mol. The first-order valence-corrected chi connectivity index (χ1v) is 4.41. The first-order valence-electron chi connectivity index (χ1n) is 4.41. The highest BCUT2D eigenvalue weighted by atomic mass is 16.6. The van der Waals surface area contributed by atoms with Gasteiger partial charge in [0.2, 0.25) is 0 Å². The molecule has 0 aliphatic carbocycles. The molecule has 0 bridgehead atoms. The zero-order valence-electron chi connectivity index (χ0n) is 7.35. The topological polar surface area (TPSA) is 18.5 Å². The molecule has 1 aliphatic rings. The van der Waals surface area contributed by atoms with Crippen LogP contribution in [0.2, 0.25) is 0 Å². The van der Waals surface area contributed by atoms with Gasteiger partial charge >= 0.3 is 7.12 Å². The molecule has 2 rings (SSSR count). The van der Waals surface area contributed by atoms with E-state index in [0.717, 1.165) is 0 Å². The summed E-state index contributed by atoms with van der Waals surface area (Å²) in [7, 11) is -0.153. The molecule has 0 unspecified atom stereocenters. The van der Waals surface area contributed by atoms with Crippen LogP contribution in [-0.2, 0) is 9.31 Å². The number of hydrogen-bond donors (Lipinski definition) is 0. The highest BCUT2D eigenvalue weighted by molar-refractivity contribution is 6.52. The summed E-state index contributed by atoms with van der Waals surface area (Å²) >= 11 is 0. The predicted octanol–water partition coefficient (Wildman–Crippen LogP) is 1.77. The summed E-state index contributed by atoms with van der Waals surface area (Å²) in [5, 5.41) is 0. The van der Waals surface area contributed by atoms with Gasteiger partial charge in [-0.3, -0.25) is 0 Å². The standard InChI is InChI=1S/C10H11BO2/c1-2-4-10(5-3-1)6-7-11-12-8-9-13-11/h1-7H,8-9H2/b7-6-. The molecule has 3 heteroatoms. The van der Waals surface area contributed by atoms with Crippen molar-refractivity contribution in [2.45, 2.75) is 0 Å². The van der Waals surface area contributed by atoms with Crippen molar-refractivity contribution in [1.82, 2.24) is 0 Å². The highest BCUT2D eigenvalue weighted by Gasteiger charge is 2.19. The van der Waals surface area contributed by atoms with Crippen molar-refractivity contribution < 1.29 is 9.31 Å². The molecule has 1 aromatic rings. The summed E-state index contributed by atoms with van der Waals surface area (Å²) in [6, 6.07) is 10.1. The molecule has 1 aromatic carbocycles. The van der Waals surface area contributed by atoms with Crippen molar-refractivity contribution in [1.29, 1.82) is 0 Å². The quantitative estimate of drug-likeness (QED) is 0.636. The maximum absolute atomic E-state index is 5.27. The van der Waals surface area contributed by atoms with Gasteiger partial charge in [-0.05, 0) is 5.56 Å². The number of hydrogen-bond acceptors (Lipinski definition) is 2. The van der Waals surface area contributed by atoms with E-state index < -0.39 is 0 Å². The fourth-order valence-electron chi connectivity index (χ4n) is 1.24. The lowest BCUT2D eigenvalue weighted by Crippen LogP contribution is -2.09. The van der Waals surface area contributed by atoms with Crippen molar-refractivity contribution in [3.8, 4) is 0 Å². The molecular formula is C10H11BO2. The Morgan fingerprint density at radius 2 is 1.77 bits per heavy atom. The van der Waals surface area contributed by atoms with Gasteiger partial charge in [-0.25, -0.2) is 0 Å². The number of rotatable bonds is 2. The van der Waals surface area contributed by atoms with Crippen LogP contribution in [0, 0.1) is 0 Å². The molecule has 0 aromatic heterocycles. The molecule has 0 spiro atoms. The smallest absolute Gasteiger partial charge is 0.405 e. The third-order valence-corrected chi connectivity index (χ3v) is 1.89. The van der Waals surface area contributed by atoms with Gasteiger partial charge in [-0.1, -0.05) is 42.4 Å². The third-order valence-electron chi connectivity index (χ3n) is 1.89. The SMILES string of the molecule is C(=C/c1ccccc1)/B1OCCO1. The van der Waals surface area contributed by atoms with E-state index in [4.69, 9.17) is 9.31 Å². The molecule has 0 N–H and O–H groups in total. The van der Waals surface area contributed by atoms with Crippen LogP contribution < -0.4 is 0 Å². The largest absolute Gasteiger partial charge is 0.486 e. The van der Waals surface area contributed by atoms with Crippen LogP contribution in [0.4, 0.5) is 0 Å². The highest BCUT2D eigenvalue weighted by Crippen LogP contribution is 2.05. The lowest BCUT2D eigenvalue weighted by atomic mass is 9.89.